The summed E-state index contributed by atoms with van der Waals surface area (Å²) in [6.45, 7) is 1.73. The van der Waals surface area contributed by atoms with Crippen LogP contribution in [-0.4, -0.2) is 12.1 Å². The Labute approximate surface area is 118 Å². The first-order valence-electron chi connectivity index (χ1n) is 5.30. The zero-order valence-electron chi connectivity index (χ0n) is 9.68. The van der Waals surface area contributed by atoms with Gasteiger partial charge in [0, 0.05) is 9.13 Å². The number of hydrogen-bond acceptors (Lipinski definition) is 3. The van der Waals surface area contributed by atoms with Crippen molar-refractivity contribution in [2.45, 2.75) is 6.92 Å². The average Bonchev–Trinajstić information content (AvgIpc) is 2.78. The van der Waals surface area contributed by atoms with Crippen LogP contribution < -0.4 is 5.43 Å². The van der Waals surface area contributed by atoms with Crippen molar-refractivity contribution in [3.8, 4) is 0 Å². The Morgan fingerprint density at radius 3 is 2.83 bits per heavy atom. The molecule has 1 N–H and O–H groups in total. The van der Waals surface area contributed by atoms with Crippen molar-refractivity contribution in [2.24, 2.45) is 5.10 Å². The highest BCUT2D eigenvalue weighted by molar-refractivity contribution is 14.1. The van der Waals surface area contributed by atoms with Gasteiger partial charge in [-0.15, -0.1) is 0 Å². The molecule has 92 valence electrons. The third-order valence-corrected chi connectivity index (χ3v) is 3.36. The second-order valence-corrected chi connectivity index (χ2v) is 4.77. The smallest absolute Gasteiger partial charge is 0.274 e. The standard InChI is InChI=1S/C13H11IN2O2/c1-9-11(6-7-18-9)13(17)16-15-8-10-4-2-3-5-12(10)14/h2-8H,1H3,(H,16,17). The summed E-state index contributed by atoms with van der Waals surface area (Å²) in [5.74, 6) is 0.306. The molecule has 1 aromatic carbocycles. The van der Waals surface area contributed by atoms with E-state index in [9.17, 15) is 4.79 Å². The molecule has 0 spiro atoms. The predicted molar refractivity (Wildman–Crippen MR) is 77.7 cm³/mol. The number of nitrogens with zero attached hydrogens (tertiary/aromatic N) is 1. The van der Waals surface area contributed by atoms with Crippen LogP contribution in [0.4, 0.5) is 0 Å². The second kappa shape index (κ2) is 5.81. The van der Waals surface area contributed by atoms with Gasteiger partial charge in [0.25, 0.3) is 5.91 Å². The summed E-state index contributed by atoms with van der Waals surface area (Å²) in [5.41, 5.74) is 3.92. The monoisotopic (exact) mass is 354 g/mol. The van der Waals surface area contributed by atoms with Crippen molar-refractivity contribution in [3.63, 3.8) is 0 Å². The van der Waals surface area contributed by atoms with Crippen LogP contribution in [0.3, 0.4) is 0 Å². The molecule has 1 amide bonds. The van der Waals surface area contributed by atoms with Gasteiger partial charge in [0.2, 0.25) is 0 Å². The van der Waals surface area contributed by atoms with Crippen molar-refractivity contribution in [1.29, 1.82) is 0 Å². The third kappa shape index (κ3) is 2.98. The lowest BCUT2D eigenvalue weighted by molar-refractivity contribution is 0.0953. The molecule has 0 aliphatic carbocycles. The predicted octanol–water partition coefficient (Wildman–Crippen LogP) is 2.96. The lowest BCUT2D eigenvalue weighted by Gasteiger charge is -1.98. The lowest BCUT2D eigenvalue weighted by atomic mass is 10.2. The van der Waals surface area contributed by atoms with Gasteiger partial charge in [0.15, 0.2) is 0 Å². The Balaban J connectivity index is 2.03. The van der Waals surface area contributed by atoms with Crippen LogP contribution in [0.5, 0.6) is 0 Å². The molecule has 0 aliphatic heterocycles. The SMILES string of the molecule is Cc1occc1C(=O)NN=Cc1ccccc1I. The first-order valence-corrected chi connectivity index (χ1v) is 6.38. The Morgan fingerprint density at radius 1 is 1.39 bits per heavy atom. The second-order valence-electron chi connectivity index (χ2n) is 3.61. The van der Waals surface area contributed by atoms with E-state index in [4.69, 9.17) is 4.42 Å². The summed E-state index contributed by atoms with van der Waals surface area (Å²) in [5, 5.41) is 3.93. The number of rotatable bonds is 3. The molecule has 0 bridgehead atoms. The van der Waals surface area contributed by atoms with Crippen molar-refractivity contribution >= 4 is 34.7 Å². The lowest BCUT2D eigenvalue weighted by Crippen LogP contribution is -2.17. The summed E-state index contributed by atoms with van der Waals surface area (Å²) >= 11 is 2.21. The van der Waals surface area contributed by atoms with Gasteiger partial charge in [-0.05, 0) is 41.6 Å². The van der Waals surface area contributed by atoms with E-state index in [1.54, 1.807) is 19.2 Å². The van der Waals surface area contributed by atoms with E-state index in [2.05, 4.69) is 33.1 Å². The van der Waals surface area contributed by atoms with Gasteiger partial charge in [0.1, 0.15) is 5.76 Å². The quantitative estimate of drug-likeness (QED) is 0.524. The van der Waals surface area contributed by atoms with Crippen LogP contribution in [0.25, 0.3) is 0 Å². The number of halogens is 1. The maximum atomic E-state index is 11.7. The van der Waals surface area contributed by atoms with Gasteiger partial charge < -0.3 is 4.42 Å². The Bertz CT molecular complexity index is 590. The van der Waals surface area contributed by atoms with Crippen molar-refractivity contribution in [3.05, 3.63) is 57.1 Å². The summed E-state index contributed by atoms with van der Waals surface area (Å²) in [4.78, 5) is 11.7. The normalized spacial score (nSPS) is 10.8. The first kappa shape index (κ1) is 12.8. The number of nitrogens with one attached hydrogen (secondary N) is 1. The van der Waals surface area contributed by atoms with Crippen molar-refractivity contribution in [2.75, 3.05) is 0 Å². The topological polar surface area (TPSA) is 54.6 Å². The molecule has 18 heavy (non-hydrogen) atoms. The summed E-state index contributed by atoms with van der Waals surface area (Å²) < 4.78 is 6.13. The zero-order chi connectivity index (χ0) is 13.0. The van der Waals surface area contributed by atoms with Crippen LogP contribution in [0.15, 0.2) is 46.1 Å². The third-order valence-electron chi connectivity index (χ3n) is 2.38. The van der Waals surface area contributed by atoms with E-state index in [0.717, 1.165) is 9.13 Å². The fourth-order valence-electron chi connectivity index (χ4n) is 1.42. The van der Waals surface area contributed by atoms with Crippen LogP contribution in [-0.2, 0) is 0 Å². The van der Waals surface area contributed by atoms with Gasteiger partial charge >= 0.3 is 0 Å². The minimum Gasteiger partial charge on any atom is -0.469 e. The molecular weight excluding hydrogens is 343 g/mol. The molecule has 5 heteroatoms. The van der Waals surface area contributed by atoms with Crippen LogP contribution in [0.1, 0.15) is 21.7 Å². The first-order chi connectivity index (χ1) is 8.68. The Hall–Kier alpha value is -1.63. The molecule has 0 atom stereocenters. The minimum atomic E-state index is -0.275. The largest absolute Gasteiger partial charge is 0.469 e. The van der Waals surface area contributed by atoms with Crippen LogP contribution in [0, 0.1) is 10.5 Å². The maximum absolute atomic E-state index is 11.7. The van der Waals surface area contributed by atoms with Gasteiger partial charge in [-0.1, -0.05) is 18.2 Å². The summed E-state index contributed by atoms with van der Waals surface area (Å²) in [7, 11) is 0. The van der Waals surface area contributed by atoms with Crippen molar-refractivity contribution in [1.82, 2.24) is 5.43 Å². The molecule has 1 aromatic heterocycles. The number of hydrazone groups is 1. The molecule has 2 aromatic rings. The van der Waals surface area contributed by atoms with Gasteiger partial charge in [-0.25, -0.2) is 5.43 Å². The van der Waals surface area contributed by atoms with Gasteiger partial charge in [-0.3, -0.25) is 4.79 Å². The molecule has 1 heterocycles. The minimum absolute atomic E-state index is 0.275. The molecule has 0 aliphatic rings. The highest BCUT2D eigenvalue weighted by Crippen LogP contribution is 2.09. The van der Waals surface area contributed by atoms with Gasteiger partial charge in [0.05, 0.1) is 18.0 Å². The molecule has 2 rings (SSSR count). The van der Waals surface area contributed by atoms with E-state index < -0.39 is 0 Å². The van der Waals surface area contributed by atoms with Crippen LogP contribution >= 0.6 is 22.6 Å². The molecular formula is C13H11IN2O2. The number of amides is 1. The van der Waals surface area contributed by atoms with Gasteiger partial charge in [-0.2, -0.15) is 5.10 Å². The Morgan fingerprint density at radius 2 is 2.17 bits per heavy atom. The maximum Gasteiger partial charge on any atom is 0.274 e. The Kier molecular flexibility index (Phi) is 4.14. The fraction of sp³-hybridized carbons (Fsp3) is 0.0769. The highest BCUT2D eigenvalue weighted by Gasteiger charge is 2.09. The molecule has 0 saturated carbocycles. The summed E-state index contributed by atoms with van der Waals surface area (Å²) in [6, 6.07) is 9.40. The van der Waals surface area contributed by atoms with E-state index in [0.29, 0.717) is 11.3 Å². The van der Waals surface area contributed by atoms with Crippen LogP contribution in [0.2, 0.25) is 0 Å². The molecule has 0 saturated heterocycles. The van der Waals surface area contributed by atoms with E-state index in [-0.39, 0.29) is 5.91 Å². The number of carbonyl (C=O) groups excluding carboxylic acids is 1. The number of benzene rings is 1. The molecule has 0 radical (unpaired) electrons. The number of carbonyl (C=O) groups is 1. The molecule has 4 nitrogen and oxygen atoms in total. The number of aryl methyl sites for hydroxylation is 1. The molecule has 0 unspecified atom stereocenters. The van der Waals surface area contributed by atoms with E-state index >= 15 is 0 Å². The van der Waals surface area contributed by atoms with E-state index in [1.165, 1.54) is 6.26 Å². The van der Waals surface area contributed by atoms with Crippen molar-refractivity contribution < 1.29 is 9.21 Å². The summed E-state index contributed by atoms with van der Waals surface area (Å²) in [6.07, 6.45) is 3.10. The number of furan rings is 1. The fourth-order valence-corrected chi connectivity index (χ4v) is 1.95. The number of hydrogen-bond donors (Lipinski definition) is 1. The zero-order valence-corrected chi connectivity index (χ0v) is 11.8. The van der Waals surface area contributed by atoms with E-state index in [1.807, 2.05) is 24.3 Å². The molecule has 0 fully saturated rings. The highest BCUT2D eigenvalue weighted by atomic mass is 127. The average molecular weight is 354 g/mol.